The van der Waals surface area contributed by atoms with Gasteiger partial charge in [0.25, 0.3) is 0 Å². The van der Waals surface area contributed by atoms with Gasteiger partial charge >= 0.3 is 0 Å². The van der Waals surface area contributed by atoms with Gasteiger partial charge in [-0.25, -0.2) is 0 Å². The van der Waals surface area contributed by atoms with Crippen LogP contribution in [0.25, 0.3) is 0 Å². The Balaban J connectivity index is 1.79. The van der Waals surface area contributed by atoms with Crippen molar-refractivity contribution in [3.8, 4) is 5.75 Å². The molecule has 1 heterocycles. The maximum atomic E-state index is 12.2. The number of benzene rings is 1. The summed E-state index contributed by atoms with van der Waals surface area (Å²) in [5.74, 6) is 1.11. The molecule has 1 saturated heterocycles. The molecular weight excluding hydrogens is 264 g/mol. The fourth-order valence-corrected chi connectivity index (χ4v) is 2.68. The minimum Gasteiger partial charge on any atom is -0.492 e. The van der Waals surface area contributed by atoms with Crippen LogP contribution in [0.2, 0.25) is 0 Å². The molecule has 0 atom stereocenters. The molecule has 1 aromatic carbocycles. The Bertz CT molecular complexity index is 440. The molecule has 0 unspecified atom stereocenters. The Morgan fingerprint density at radius 3 is 2.62 bits per heavy atom. The summed E-state index contributed by atoms with van der Waals surface area (Å²) >= 11 is 0. The predicted octanol–water partition coefficient (Wildman–Crippen LogP) is 3.29. The Morgan fingerprint density at radius 1 is 1.19 bits per heavy atom. The molecule has 1 N–H and O–H groups in total. The van der Waals surface area contributed by atoms with E-state index in [1.54, 1.807) is 0 Å². The Morgan fingerprint density at radius 2 is 1.90 bits per heavy atom. The number of nitrogens with one attached hydrogen (secondary N) is 1. The number of anilines is 1. The molecule has 0 bridgehead atoms. The third-order valence-electron chi connectivity index (χ3n) is 3.80. The summed E-state index contributed by atoms with van der Waals surface area (Å²) in [4.78, 5) is 14.2. The first-order valence-electron chi connectivity index (χ1n) is 8.04. The normalized spacial score (nSPS) is 15.4. The van der Waals surface area contributed by atoms with Gasteiger partial charge in [0.05, 0.1) is 12.3 Å². The number of hydrogen-bond acceptors (Lipinski definition) is 3. The molecule has 1 aliphatic rings. The average Bonchev–Trinajstić information content (AvgIpc) is 2.78. The molecule has 0 radical (unpaired) electrons. The van der Waals surface area contributed by atoms with E-state index in [2.05, 4.69) is 5.32 Å². The van der Waals surface area contributed by atoms with Crippen LogP contribution in [0.3, 0.4) is 0 Å². The number of nitrogens with zero attached hydrogens (tertiary/aromatic N) is 1. The van der Waals surface area contributed by atoms with Crippen LogP contribution in [0, 0.1) is 0 Å². The lowest BCUT2D eigenvalue weighted by molar-refractivity contribution is -0.130. The van der Waals surface area contributed by atoms with E-state index in [0.29, 0.717) is 19.6 Å². The lowest BCUT2D eigenvalue weighted by Gasteiger charge is -2.20. The molecule has 21 heavy (non-hydrogen) atoms. The van der Waals surface area contributed by atoms with Gasteiger partial charge in [-0.1, -0.05) is 25.0 Å². The minimum absolute atomic E-state index is 0.262. The van der Waals surface area contributed by atoms with Gasteiger partial charge < -0.3 is 15.0 Å². The smallest absolute Gasteiger partial charge is 0.224 e. The number of rotatable bonds is 6. The molecule has 116 valence electrons. The van der Waals surface area contributed by atoms with E-state index in [9.17, 15) is 4.79 Å². The van der Waals surface area contributed by atoms with Gasteiger partial charge in [-0.3, -0.25) is 4.79 Å². The first-order valence-corrected chi connectivity index (χ1v) is 8.04. The van der Waals surface area contributed by atoms with Crippen molar-refractivity contribution in [2.45, 2.75) is 39.0 Å². The monoisotopic (exact) mass is 290 g/mol. The van der Waals surface area contributed by atoms with Crippen molar-refractivity contribution >= 4 is 11.6 Å². The van der Waals surface area contributed by atoms with Crippen molar-refractivity contribution < 1.29 is 9.53 Å². The maximum Gasteiger partial charge on any atom is 0.224 e. The number of carbonyl (C=O) groups is 1. The molecule has 0 aliphatic carbocycles. The molecule has 0 saturated carbocycles. The molecule has 0 aromatic heterocycles. The van der Waals surface area contributed by atoms with Crippen molar-refractivity contribution in [2.24, 2.45) is 0 Å². The van der Waals surface area contributed by atoms with Crippen molar-refractivity contribution in [3.05, 3.63) is 24.3 Å². The topological polar surface area (TPSA) is 41.6 Å². The van der Waals surface area contributed by atoms with E-state index in [1.807, 2.05) is 36.1 Å². The van der Waals surface area contributed by atoms with Crippen LogP contribution in [-0.4, -0.2) is 37.0 Å². The molecule has 4 heteroatoms. The molecule has 1 aromatic rings. The van der Waals surface area contributed by atoms with Crippen molar-refractivity contribution in [2.75, 3.05) is 31.6 Å². The van der Waals surface area contributed by atoms with Crippen molar-refractivity contribution in [1.29, 1.82) is 0 Å². The summed E-state index contributed by atoms with van der Waals surface area (Å²) in [5.41, 5.74) is 0.961. The molecular formula is C17H26N2O2. The van der Waals surface area contributed by atoms with Gasteiger partial charge in [0.2, 0.25) is 5.91 Å². The maximum absolute atomic E-state index is 12.2. The van der Waals surface area contributed by atoms with E-state index in [4.69, 9.17) is 4.74 Å². The summed E-state index contributed by atoms with van der Waals surface area (Å²) in [6.07, 6.45) is 5.34. The molecule has 1 amide bonds. The van der Waals surface area contributed by atoms with Gasteiger partial charge in [0.15, 0.2) is 0 Å². The second-order valence-corrected chi connectivity index (χ2v) is 5.40. The van der Waals surface area contributed by atoms with Crippen LogP contribution in [-0.2, 0) is 4.79 Å². The van der Waals surface area contributed by atoms with Crippen molar-refractivity contribution in [3.63, 3.8) is 0 Å². The highest BCUT2D eigenvalue weighted by Crippen LogP contribution is 2.23. The quantitative estimate of drug-likeness (QED) is 0.874. The zero-order chi connectivity index (χ0) is 14.9. The van der Waals surface area contributed by atoms with E-state index < -0.39 is 0 Å². The van der Waals surface area contributed by atoms with E-state index >= 15 is 0 Å². The van der Waals surface area contributed by atoms with E-state index in [-0.39, 0.29) is 5.91 Å². The highest BCUT2D eigenvalue weighted by molar-refractivity contribution is 5.76. The Hall–Kier alpha value is -1.71. The summed E-state index contributed by atoms with van der Waals surface area (Å²) in [7, 11) is 0. The summed E-state index contributed by atoms with van der Waals surface area (Å²) in [6.45, 7) is 5.12. The minimum atomic E-state index is 0.262. The van der Waals surface area contributed by atoms with Gasteiger partial charge in [-0.15, -0.1) is 0 Å². The molecule has 1 aliphatic heterocycles. The number of carbonyl (C=O) groups excluding carboxylic acids is 1. The second kappa shape index (κ2) is 8.55. The number of hydrogen-bond donors (Lipinski definition) is 1. The van der Waals surface area contributed by atoms with Gasteiger partial charge in [0, 0.05) is 26.1 Å². The highest BCUT2D eigenvalue weighted by atomic mass is 16.5. The lowest BCUT2D eigenvalue weighted by Crippen LogP contribution is -2.32. The predicted molar refractivity (Wildman–Crippen MR) is 85.8 cm³/mol. The standard InChI is InChI=1S/C17H26N2O2/c1-2-21-16-10-6-5-9-15(16)18-12-11-17(20)19-13-7-3-4-8-14-19/h5-6,9-10,18H,2-4,7-8,11-14H2,1H3. The van der Waals surface area contributed by atoms with Crippen LogP contribution < -0.4 is 10.1 Å². The largest absolute Gasteiger partial charge is 0.492 e. The zero-order valence-electron chi connectivity index (χ0n) is 12.9. The summed E-state index contributed by atoms with van der Waals surface area (Å²) in [5, 5.41) is 3.31. The van der Waals surface area contributed by atoms with Crippen LogP contribution in [0.4, 0.5) is 5.69 Å². The first kappa shape index (κ1) is 15.7. The van der Waals surface area contributed by atoms with Crippen LogP contribution >= 0.6 is 0 Å². The van der Waals surface area contributed by atoms with Gasteiger partial charge in [-0.05, 0) is 31.9 Å². The lowest BCUT2D eigenvalue weighted by atomic mass is 10.2. The summed E-state index contributed by atoms with van der Waals surface area (Å²) in [6, 6.07) is 7.86. The molecule has 0 spiro atoms. The zero-order valence-corrected chi connectivity index (χ0v) is 12.9. The molecule has 1 fully saturated rings. The molecule has 4 nitrogen and oxygen atoms in total. The molecule has 2 rings (SSSR count). The van der Waals surface area contributed by atoms with Gasteiger partial charge in [0.1, 0.15) is 5.75 Å². The third kappa shape index (κ3) is 4.96. The average molecular weight is 290 g/mol. The number of amides is 1. The van der Waals surface area contributed by atoms with Crippen LogP contribution in [0.5, 0.6) is 5.75 Å². The van der Waals surface area contributed by atoms with E-state index in [1.165, 1.54) is 12.8 Å². The summed E-state index contributed by atoms with van der Waals surface area (Å²) < 4.78 is 5.57. The van der Waals surface area contributed by atoms with Gasteiger partial charge in [-0.2, -0.15) is 0 Å². The number of likely N-dealkylation sites (tertiary alicyclic amines) is 1. The second-order valence-electron chi connectivity index (χ2n) is 5.40. The number of ether oxygens (including phenoxy) is 1. The van der Waals surface area contributed by atoms with Crippen molar-refractivity contribution in [1.82, 2.24) is 4.90 Å². The fraction of sp³-hybridized carbons (Fsp3) is 0.588. The Labute approximate surface area is 127 Å². The fourth-order valence-electron chi connectivity index (χ4n) is 2.68. The third-order valence-corrected chi connectivity index (χ3v) is 3.80. The van der Waals surface area contributed by atoms with E-state index in [0.717, 1.165) is 37.4 Å². The highest BCUT2D eigenvalue weighted by Gasteiger charge is 2.14. The number of para-hydroxylation sites is 2. The SMILES string of the molecule is CCOc1ccccc1NCCC(=O)N1CCCCCC1. The van der Waals surface area contributed by atoms with Crippen LogP contribution in [0.1, 0.15) is 39.0 Å². The first-order chi connectivity index (χ1) is 10.3. The van der Waals surface area contributed by atoms with Crippen LogP contribution in [0.15, 0.2) is 24.3 Å². The Kier molecular flexibility index (Phi) is 6.38.